The molecule has 1 aromatic rings. The van der Waals surface area contributed by atoms with Crippen LogP contribution in [0, 0.1) is 0 Å². The van der Waals surface area contributed by atoms with Crippen molar-refractivity contribution in [2.45, 2.75) is 31.1 Å². The van der Waals surface area contributed by atoms with Crippen LogP contribution in [0.4, 0.5) is 4.39 Å². The summed E-state index contributed by atoms with van der Waals surface area (Å²) in [5.74, 6) is 0.831. The van der Waals surface area contributed by atoms with E-state index in [1.54, 1.807) is 7.11 Å². The lowest BCUT2D eigenvalue weighted by molar-refractivity contribution is 0.296. The summed E-state index contributed by atoms with van der Waals surface area (Å²) in [7, 11) is 1.65. The van der Waals surface area contributed by atoms with Gasteiger partial charge in [0.1, 0.15) is 5.75 Å². The number of benzene rings is 1. The minimum absolute atomic E-state index is 0.270. The molecule has 0 N–H and O–H groups in total. The number of rotatable bonds is 3. The van der Waals surface area contributed by atoms with Crippen LogP contribution < -0.4 is 4.74 Å². The topological polar surface area (TPSA) is 9.23 Å². The zero-order chi connectivity index (χ0) is 10.7. The van der Waals surface area contributed by atoms with E-state index in [0.29, 0.717) is 0 Å². The van der Waals surface area contributed by atoms with Crippen molar-refractivity contribution in [3.05, 3.63) is 29.8 Å². The van der Waals surface area contributed by atoms with Crippen molar-refractivity contribution in [2.24, 2.45) is 0 Å². The predicted octanol–water partition coefficient (Wildman–Crippen LogP) is 3.48. The van der Waals surface area contributed by atoms with Crippen molar-refractivity contribution >= 4 is 0 Å². The second-order valence-electron chi connectivity index (χ2n) is 4.32. The van der Waals surface area contributed by atoms with Gasteiger partial charge in [-0.2, -0.15) is 0 Å². The Labute approximate surface area is 90.3 Å². The quantitative estimate of drug-likeness (QED) is 0.739. The Morgan fingerprint density at radius 1 is 1.27 bits per heavy atom. The zero-order valence-electron chi connectivity index (χ0n) is 9.13. The Balaban J connectivity index is 2.41. The minimum Gasteiger partial charge on any atom is -0.496 e. The Morgan fingerprint density at radius 3 is 2.53 bits per heavy atom. The van der Waals surface area contributed by atoms with E-state index >= 15 is 0 Å². The molecule has 0 spiro atoms. The van der Waals surface area contributed by atoms with E-state index in [1.807, 2.05) is 24.3 Å². The molecule has 0 aromatic heterocycles. The third kappa shape index (κ3) is 1.73. The average Bonchev–Trinajstić information content (AvgIpc) is 2.79. The second-order valence-corrected chi connectivity index (χ2v) is 4.32. The second kappa shape index (κ2) is 4.21. The molecule has 1 nitrogen and oxygen atoms in total. The summed E-state index contributed by atoms with van der Waals surface area (Å²) in [6.45, 7) is -0.270. The van der Waals surface area contributed by atoms with Crippen LogP contribution in [0.5, 0.6) is 5.75 Å². The van der Waals surface area contributed by atoms with Gasteiger partial charge in [0.15, 0.2) is 0 Å². The first-order valence-electron chi connectivity index (χ1n) is 5.52. The number of halogens is 1. The fourth-order valence-electron chi connectivity index (χ4n) is 2.61. The van der Waals surface area contributed by atoms with Crippen molar-refractivity contribution < 1.29 is 9.13 Å². The molecule has 0 unspecified atom stereocenters. The Kier molecular flexibility index (Phi) is 2.94. The van der Waals surface area contributed by atoms with Gasteiger partial charge >= 0.3 is 0 Å². The zero-order valence-corrected chi connectivity index (χ0v) is 9.13. The molecule has 0 radical (unpaired) electrons. The van der Waals surface area contributed by atoms with Crippen molar-refractivity contribution in [2.75, 3.05) is 13.8 Å². The van der Waals surface area contributed by atoms with Gasteiger partial charge in [0.2, 0.25) is 0 Å². The van der Waals surface area contributed by atoms with Gasteiger partial charge in [-0.05, 0) is 18.9 Å². The van der Waals surface area contributed by atoms with E-state index in [9.17, 15) is 4.39 Å². The highest BCUT2D eigenvalue weighted by atomic mass is 19.1. The van der Waals surface area contributed by atoms with E-state index in [-0.39, 0.29) is 12.1 Å². The van der Waals surface area contributed by atoms with Crippen LogP contribution in [0.3, 0.4) is 0 Å². The summed E-state index contributed by atoms with van der Waals surface area (Å²) in [6, 6.07) is 7.82. The number of ether oxygens (including phenoxy) is 1. The maximum Gasteiger partial charge on any atom is 0.122 e. The lowest BCUT2D eigenvalue weighted by atomic mass is 9.79. The highest BCUT2D eigenvalue weighted by molar-refractivity contribution is 5.40. The normalized spacial score (nSPS) is 19.1. The van der Waals surface area contributed by atoms with Crippen LogP contribution in [0.1, 0.15) is 31.2 Å². The number of hydrogen-bond acceptors (Lipinski definition) is 1. The maximum atomic E-state index is 13.3. The Morgan fingerprint density at radius 2 is 1.93 bits per heavy atom. The van der Waals surface area contributed by atoms with Gasteiger partial charge in [-0.3, -0.25) is 4.39 Å². The summed E-state index contributed by atoms with van der Waals surface area (Å²) in [6.07, 6.45) is 4.15. The Bertz CT molecular complexity index is 329. The van der Waals surface area contributed by atoms with Gasteiger partial charge in [0.25, 0.3) is 0 Å². The highest BCUT2D eigenvalue weighted by Gasteiger charge is 2.37. The van der Waals surface area contributed by atoms with Crippen LogP contribution in [0.15, 0.2) is 24.3 Å². The molecule has 0 aliphatic heterocycles. The molecule has 15 heavy (non-hydrogen) atoms. The molecule has 1 fully saturated rings. The first-order chi connectivity index (χ1) is 7.32. The molecular formula is C13H17FO. The number of methoxy groups -OCH3 is 1. The summed E-state index contributed by atoms with van der Waals surface area (Å²) in [4.78, 5) is 0. The molecule has 0 bridgehead atoms. The van der Waals surface area contributed by atoms with E-state index in [4.69, 9.17) is 4.74 Å². The molecule has 0 heterocycles. The van der Waals surface area contributed by atoms with Crippen molar-refractivity contribution in [3.63, 3.8) is 0 Å². The smallest absolute Gasteiger partial charge is 0.122 e. The predicted molar refractivity (Wildman–Crippen MR) is 59.1 cm³/mol. The van der Waals surface area contributed by atoms with Crippen molar-refractivity contribution in [3.8, 4) is 5.75 Å². The fraction of sp³-hybridized carbons (Fsp3) is 0.538. The van der Waals surface area contributed by atoms with Gasteiger partial charge in [0, 0.05) is 11.0 Å². The molecule has 2 heteroatoms. The molecule has 2 rings (SSSR count). The minimum atomic E-state index is -0.271. The lowest BCUT2D eigenvalue weighted by Crippen LogP contribution is -2.25. The van der Waals surface area contributed by atoms with Crippen LogP contribution in [0.25, 0.3) is 0 Å². The summed E-state index contributed by atoms with van der Waals surface area (Å²) in [5.41, 5.74) is 0.777. The number of para-hydroxylation sites is 1. The highest BCUT2D eigenvalue weighted by Crippen LogP contribution is 2.44. The summed E-state index contributed by atoms with van der Waals surface area (Å²) >= 11 is 0. The molecule has 1 saturated carbocycles. The first-order valence-corrected chi connectivity index (χ1v) is 5.52. The van der Waals surface area contributed by atoms with Gasteiger partial charge in [-0.25, -0.2) is 0 Å². The molecule has 82 valence electrons. The lowest BCUT2D eigenvalue weighted by Gasteiger charge is -2.27. The van der Waals surface area contributed by atoms with E-state index in [2.05, 4.69) is 0 Å². The van der Waals surface area contributed by atoms with E-state index in [0.717, 1.165) is 37.0 Å². The molecule has 1 aliphatic rings. The summed E-state index contributed by atoms with van der Waals surface area (Å²) < 4.78 is 18.6. The molecule has 1 aliphatic carbocycles. The number of hydrogen-bond donors (Lipinski definition) is 0. The maximum absolute atomic E-state index is 13.3. The SMILES string of the molecule is COc1ccccc1C1(CF)CCCC1. The van der Waals surface area contributed by atoms with Gasteiger partial charge in [-0.15, -0.1) is 0 Å². The average molecular weight is 208 g/mol. The third-order valence-corrected chi connectivity index (χ3v) is 3.49. The van der Waals surface area contributed by atoms with Crippen LogP contribution >= 0.6 is 0 Å². The Hall–Kier alpha value is -1.05. The third-order valence-electron chi connectivity index (χ3n) is 3.49. The van der Waals surface area contributed by atoms with E-state index in [1.165, 1.54) is 0 Å². The standard InChI is InChI=1S/C13H17FO/c1-15-12-7-3-2-6-11(12)13(10-14)8-4-5-9-13/h2-3,6-7H,4-5,8-10H2,1H3. The molecular weight excluding hydrogens is 191 g/mol. The van der Waals surface area contributed by atoms with Crippen molar-refractivity contribution in [1.82, 2.24) is 0 Å². The molecule has 1 aromatic carbocycles. The van der Waals surface area contributed by atoms with Crippen LogP contribution in [-0.4, -0.2) is 13.8 Å². The molecule has 0 saturated heterocycles. The van der Waals surface area contributed by atoms with Crippen LogP contribution in [-0.2, 0) is 5.41 Å². The van der Waals surface area contributed by atoms with Gasteiger partial charge < -0.3 is 4.74 Å². The van der Waals surface area contributed by atoms with Crippen molar-refractivity contribution in [1.29, 1.82) is 0 Å². The fourth-order valence-corrected chi connectivity index (χ4v) is 2.61. The van der Waals surface area contributed by atoms with Gasteiger partial charge in [-0.1, -0.05) is 31.0 Å². The summed E-state index contributed by atoms with van der Waals surface area (Å²) in [5, 5.41) is 0. The number of alkyl halides is 1. The van der Waals surface area contributed by atoms with E-state index < -0.39 is 0 Å². The monoisotopic (exact) mass is 208 g/mol. The molecule has 0 amide bonds. The first kappa shape index (κ1) is 10.5. The molecule has 0 atom stereocenters. The van der Waals surface area contributed by atoms with Gasteiger partial charge in [0.05, 0.1) is 13.8 Å². The van der Waals surface area contributed by atoms with Crippen LogP contribution in [0.2, 0.25) is 0 Å². The largest absolute Gasteiger partial charge is 0.496 e.